The van der Waals surface area contributed by atoms with Crippen LogP contribution in [0.25, 0.3) is 0 Å². The number of hydrogen-bond acceptors (Lipinski definition) is 4. The maximum absolute atomic E-state index is 11.3. The van der Waals surface area contributed by atoms with Crippen LogP contribution < -0.4 is 9.47 Å². The summed E-state index contributed by atoms with van der Waals surface area (Å²) < 4.78 is 16.5. The molecule has 116 valence electrons. The Morgan fingerprint density at radius 1 is 1.14 bits per heavy atom. The summed E-state index contributed by atoms with van der Waals surface area (Å²) >= 11 is 2.19. The van der Waals surface area contributed by atoms with Crippen LogP contribution in [0.5, 0.6) is 11.5 Å². The van der Waals surface area contributed by atoms with Gasteiger partial charge in [-0.25, -0.2) is 4.79 Å². The lowest BCUT2D eigenvalue weighted by molar-refractivity contribution is 0.120. The van der Waals surface area contributed by atoms with E-state index in [2.05, 4.69) is 33.4 Å². The van der Waals surface area contributed by atoms with Crippen molar-refractivity contribution in [3.63, 3.8) is 0 Å². The second-order valence-corrected chi connectivity index (χ2v) is 5.99. The summed E-state index contributed by atoms with van der Waals surface area (Å²) in [5.41, 5.74) is 3.07. The van der Waals surface area contributed by atoms with Crippen molar-refractivity contribution in [1.82, 2.24) is 0 Å². The van der Waals surface area contributed by atoms with E-state index in [1.54, 1.807) is 6.07 Å². The van der Waals surface area contributed by atoms with Crippen molar-refractivity contribution >= 4 is 28.7 Å². The van der Waals surface area contributed by atoms with Crippen LogP contribution in [0, 0.1) is 17.4 Å². The molecule has 0 aliphatic rings. The van der Waals surface area contributed by atoms with Gasteiger partial charge in [-0.15, -0.1) is 0 Å². The smallest absolute Gasteiger partial charge is 0.488 e. The van der Waals surface area contributed by atoms with Crippen LogP contribution in [0.4, 0.5) is 4.79 Å². The van der Waals surface area contributed by atoms with Crippen LogP contribution in [0.15, 0.2) is 36.4 Å². The van der Waals surface area contributed by atoms with Crippen molar-refractivity contribution < 1.29 is 19.0 Å². The third-order valence-electron chi connectivity index (χ3n) is 3.14. The van der Waals surface area contributed by atoms with E-state index in [4.69, 9.17) is 9.47 Å². The van der Waals surface area contributed by atoms with Gasteiger partial charge in [0.15, 0.2) is 0 Å². The molecule has 0 aliphatic carbocycles. The molecule has 4 nitrogen and oxygen atoms in total. The summed E-state index contributed by atoms with van der Waals surface area (Å²) in [6.07, 6.45) is -0.741. The molecule has 0 saturated carbocycles. The molecule has 0 heterocycles. The maximum atomic E-state index is 11.3. The zero-order valence-electron chi connectivity index (χ0n) is 12.7. The second-order valence-electron chi connectivity index (χ2n) is 4.83. The van der Waals surface area contributed by atoms with Gasteiger partial charge in [0, 0.05) is 9.13 Å². The monoisotopic (exact) mass is 412 g/mol. The molecule has 0 N–H and O–H groups in total. The summed E-state index contributed by atoms with van der Waals surface area (Å²) in [5, 5.41) is 0. The van der Waals surface area contributed by atoms with Crippen molar-refractivity contribution in [2.45, 2.75) is 20.5 Å². The molecular weight excluding hydrogens is 395 g/mol. The molecule has 0 unspecified atom stereocenters. The molecule has 0 aromatic heterocycles. The number of hydrogen-bond donors (Lipinski definition) is 0. The van der Waals surface area contributed by atoms with Crippen LogP contribution in [0.2, 0.25) is 0 Å². The van der Waals surface area contributed by atoms with E-state index < -0.39 is 6.16 Å². The topological polar surface area (TPSA) is 44.8 Å². The fraction of sp³-hybridized carbons (Fsp3) is 0.235. The number of carbonyl (C=O) groups excluding carboxylic acids is 1. The second kappa shape index (κ2) is 7.49. The Labute approximate surface area is 143 Å². The largest absolute Gasteiger partial charge is 0.513 e. The highest BCUT2D eigenvalue weighted by atomic mass is 127. The first kappa shape index (κ1) is 16.6. The van der Waals surface area contributed by atoms with Gasteiger partial charge in [0.25, 0.3) is 0 Å². The molecule has 22 heavy (non-hydrogen) atoms. The lowest BCUT2D eigenvalue weighted by Gasteiger charge is -2.14. The average molecular weight is 412 g/mol. The zero-order chi connectivity index (χ0) is 16.1. The van der Waals surface area contributed by atoms with E-state index in [9.17, 15) is 4.79 Å². The Morgan fingerprint density at radius 3 is 2.59 bits per heavy atom. The van der Waals surface area contributed by atoms with Gasteiger partial charge < -0.3 is 14.2 Å². The fourth-order valence-corrected chi connectivity index (χ4v) is 2.65. The zero-order valence-corrected chi connectivity index (χ0v) is 14.8. The Morgan fingerprint density at radius 2 is 1.91 bits per heavy atom. The highest BCUT2D eigenvalue weighted by molar-refractivity contribution is 14.1. The number of halogens is 1. The molecule has 0 radical (unpaired) electrons. The van der Waals surface area contributed by atoms with Crippen LogP contribution in [0.1, 0.15) is 16.7 Å². The van der Waals surface area contributed by atoms with E-state index in [1.165, 1.54) is 12.7 Å². The minimum absolute atomic E-state index is 0.315. The van der Waals surface area contributed by atoms with E-state index in [-0.39, 0.29) is 0 Å². The van der Waals surface area contributed by atoms with Gasteiger partial charge in [-0.2, -0.15) is 0 Å². The third kappa shape index (κ3) is 4.13. The Balaban J connectivity index is 2.19. The quantitative estimate of drug-likeness (QED) is 0.417. The lowest BCUT2D eigenvalue weighted by atomic mass is 10.1. The fourth-order valence-electron chi connectivity index (χ4n) is 2.02. The number of ether oxygens (including phenoxy) is 3. The highest BCUT2D eigenvalue weighted by Crippen LogP contribution is 2.27. The third-order valence-corrected chi connectivity index (χ3v) is 4.15. The standard InChI is InChI=1S/C17H17IO4/c1-11-7-8-15(12(2)9-11)21-10-13-14(18)5-4-6-16(13)22-17(19)20-3/h4-9H,10H2,1-3H3. The Bertz CT molecular complexity index is 682. The summed E-state index contributed by atoms with van der Waals surface area (Å²) in [6, 6.07) is 11.5. The normalized spacial score (nSPS) is 10.2. The average Bonchev–Trinajstić information content (AvgIpc) is 2.48. The van der Waals surface area contributed by atoms with Gasteiger partial charge in [-0.05, 0) is 60.2 Å². The summed E-state index contributed by atoms with van der Waals surface area (Å²) in [4.78, 5) is 11.3. The van der Waals surface area contributed by atoms with Crippen molar-refractivity contribution in [3.05, 3.63) is 56.7 Å². The first-order valence-corrected chi connectivity index (χ1v) is 7.82. The Hall–Kier alpha value is -1.76. The molecular formula is C17H17IO4. The van der Waals surface area contributed by atoms with Gasteiger partial charge in [-0.3, -0.25) is 0 Å². The van der Waals surface area contributed by atoms with Crippen LogP contribution >= 0.6 is 22.6 Å². The van der Waals surface area contributed by atoms with Gasteiger partial charge >= 0.3 is 6.16 Å². The first-order chi connectivity index (χ1) is 10.5. The van der Waals surface area contributed by atoms with Crippen LogP contribution in [-0.4, -0.2) is 13.3 Å². The SMILES string of the molecule is COC(=O)Oc1cccc(I)c1COc1ccc(C)cc1C. The summed E-state index contributed by atoms with van der Waals surface area (Å²) in [6.45, 7) is 4.36. The molecule has 5 heteroatoms. The van der Waals surface area contributed by atoms with Gasteiger partial charge in [-0.1, -0.05) is 23.8 Å². The van der Waals surface area contributed by atoms with Gasteiger partial charge in [0.1, 0.15) is 18.1 Å². The molecule has 0 saturated heterocycles. The van der Waals surface area contributed by atoms with Crippen LogP contribution in [-0.2, 0) is 11.3 Å². The van der Waals surface area contributed by atoms with Gasteiger partial charge in [0.2, 0.25) is 0 Å². The first-order valence-electron chi connectivity index (χ1n) is 6.74. The molecule has 0 bridgehead atoms. The molecule has 0 atom stereocenters. The molecule has 0 fully saturated rings. The van der Waals surface area contributed by atoms with E-state index >= 15 is 0 Å². The number of carbonyl (C=O) groups is 1. The predicted molar refractivity (Wildman–Crippen MR) is 92.4 cm³/mol. The van der Waals surface area contributed by atoms with E-state index in [1.807, 2.05) is 38.1 Å². The number of benzene rings is 2. The minimum atomic E-state index is -0.741. The molecule has 0 aliphatic heterocycles. The van der Waals surface area contributed by atoms with Crippen molar-refractivity contribution in [2.24, 2.45) is 0 Å². The molecule has 2 aromatic rings. The van der Waals surface area contributed by atoms with Crippen molar-refractivity contribution in [3.8, 4) is 11.5 Å². The highest BCUT2D eigenvalue weighted by Gasteiger charge is 2.13. The molecule has 0 amide bonds. The van der Waals surface area contributed by atoms with Crippen molar-refractivity contribution in [1.29, 1.82) is 0 Å². The number of aryl methyl sites for hydroxylation is 2. The van der Waals surface area contributed by atoms with Gasteiger partial charge in [0.05, 0.1) is 7.11 Å². The summed E-state index contributed by atoms with van der Waals surface area (Å²) in [5.74, 6) is 1.26. The predicted octanol–water partition coefficient (Wildman–Crippen LogP) is 4.63. The number of methoxy groups -OCH3 is 1. The molecule has 0 spiro atoms. The summed E-state index contributed by atoms with van der Waals surface area (Å²) in [7, 11) is 1.28. The number of rotatable bonds is 4. The van der Waals surface area contributed by atoms with Crippen LogP contribution in [0.3, 0.4) is 0 Å². The lowest BCUT2D eigenvalue weighted by Crippen LogP contribution is -2.10. The minimum Gasteiger partial charge on any atom is -0.488 e. The van der Waals surface area contributed by atoms with E-state index in [0.717, 1.165) is 20.4 Å². The maximum Gasteiger partial charge on any atom is 0.513 e. The molecule has 2 aromatic carbocycles. The molecule has 2 rings (SSSR count). The van der Waals surface area contributed by atoms with E-state index in [0.29, 0.717) is 12.4 Å². The van der Waals surface area contributed by atoms with Crippen molar-refractivity contribution in [2.75, 3.05) is 7.11 Å². The Kier molecular flexibility index (Phi) is 5.65.